The van der Waals surface area contributed by atoms with E-state index in [4.69, 9.17) is 16.3 Å². The first-order chi connectivity index (χ1) is 13.7. The Balaban J connectivity index is 1.80. The molecule has 160 valence electrons. The summed E-state index contributed by atoms with van der Waals surface area (Å²) in [7, 11) is 1.49. The van der Waals surface area contributed by atoms with Gasteiger partial charge in [-0.15, -0.1) is 0 Å². The van der Waals surface area contributed by atoms with Crippen LogP contribution in [0.15, 0.2) is 30.3 Å². The van der Waals surface area contributed by atoms with Crippen molar-refractivity contribution >= 4 is 22.9 Å². The number of amides is 2. The fraction of sp³-hybridized carbons (Fsp3) is 0.600. The maximum atomic E-state index is 13.4. The molecule has 5 nitrogen and oxygen atoms in total. The van der Waals surface area contributed by atoms with Crippen LogP contribution in [0.3, 0.4) is 0 Å². The molecular formula is C20H24ClF3N2O3. The molecule has 2 aliphatic rings. The first-order valence-electron chi connectivity index (χ1n) is 9.53. The average Bonchev–Trinajstić information content (AvgIpc) is 3.47. The summed E-state index contributed by atoms with van der Waals surface area (Å²) in [6.45, 7) is 0.804. The third kappa shape index (κ3) is 5.04. The molecule has 1 heterocycles. The van der Waals surface area contributed by atoms with Crippen molar-refractivity contribution in [3.05, 3.63) is 35.9 Å². The second kappa shape index (κ2) is 8.52. The van der Waals surface area contributed by atoms with Crippen molar-refractivity contribution in [1.82, 2.24) is 9.80 Å². The number of benzene rings is 1. The number of carbonyl (C=O) groups is 2. The van der Waals surface area contributed by atoms with Gasteiger partial charge in [-0.05, 0) is 36.4 Å². The van der Waals surface area contributed by atoms with Crippen molar-refractivity contribution in [3.8, 4) is 0 Å². The quantitative estimate of drug-likeness (QED) is 0.504. The van der Waals surface area contributed by atoms with E-state index in [2.05, 4.69) is 0 Å². The molecule has 0 N–H and O–H groups in total. The molecule has 2 fully saturated rings. The number of hydrogen-bond acceptors (Lipinski definition) is 3. The van der Waals surface area contributed by atoms with E-state index in [1.54, 1.807) is 0 Å². The summed E-state index contributed by atoms with van der Waals surface area (Å²) in [5.74, 6) is -1.92. The maximum Gasteiger partial charge on any atom is 0.471 e. The lowest BCUT2D eigenvalue weighted by molar-refractivity contribution is -0.188. The Bertz CT molecular complexity index is 736. The van der Waals surface area contributed by atoms with Crippen molar-refractivity contribution in [2.45, 2.75) is 37.4 Å². The average molecular weight is 433 g/mol. The smallest absolute Gasteiger partial charge is 0.384 e. The Labute approximate surface area is 172 Å². The molecule has 1 saturated carbocycles. The second-order valence-electron chi connectivity index (χ2n) is 7.92. The summed E-state index contributed by atoms with van der Waals surface area (Å²) in [6.07, 6.45) is -3.60. The first-order valence-corrected chi connectivity index (χ1v) is 9.91. The van der Waals surface area contributed by atoms with Gasteiger partial charge in [0, 0.05) is 44.1 Å². The number of carbonyl (C=O) groups excluding carboxylic acids is 2. The lowest BCUT2D eigenvalue weighted by Gasteiger charge is -2.43. The van der Waals surface area contributed by atoms with Crippen LogP contribution in [0.25, 0.3) is 0 Å². The van der Waals surface area contributed by atoms with Gasteiger partial charge < -0.3 is 14.5 Å². The van der Waals surface area contributed by atoms with Crippen LogP contribution in [0.5, 0.6) is 0 Å². The summed E-state index contributed by atoms with van der Waals surface area (Å²) in [5.41, 5.74) is 0.281. The topological polar surface area (TPSA) is 49.9 Å². The van der Waals surface area contributed by atoms with Gasteiger partial charge in [0.15, 0.2) is 0 Å². The van der Waals surface area contributed by atoms with Gasteiger partial charge in [0.2, 0.25) is 0 Å². The highest BCUT2D eigenvalue weighted by Crippen LogP contribution is 2.47. The lowest BCUT2D eigenvalue weighted by Crippen LogP contribution is -2.53. The molecule has 1 aromatic rings. The fourth-order valence-electron chi connectivity index (χ4n) is 4.26. The molecule has 3 rings (SSSR count). The SMILES string of the molecule is COCC1(CN(C(=O)C(F)(F)F)[C@@H]2C[C@H]2c2ccccc2)CCN(C(=O)Cl)CC1. The Morgan fingerprint density at radius 3 is 2.38 bits per heavy atom. The molecule has 9 heteroatoms. The van der Waals surface area contributed by atoms with Crippen LogP contribution in [0, 0.1) is 5.41 Å². The Kier molecular flexibility index (Phi) is 6.43. The zero-order valence-electron chi connectivity index (χ0n) is 16.1. The minimum absolute atomic E-state index is 0.0580. The summed E-state index contributed by atoms with van der Waals surface area (Å²) < 4.78 is 45.4. The third-order valence-corrected chi connectivity index (χ3v) is 6.16. The lowest BCUT2D eigenvalue weighted by atomic mass is 9.78. The van der Waals surface area contributed by atoms with Gasteiger partial charge in [-0.25, -0.2) is 0 Å². The van der Waals surface area contributed by atoms with Crippen LogP contribution in [-0.2, 0) is 9.53 Å². The van der Waals surface area contributed by atoms with E-state index in [9.17, 15) is 22.8 Å². The molecule has 0 unspecified atom stereocenters. The molecular weight excluding hydrogens is 409 g/mol. The number of piperidine rings is 1. The van der Waals surface area contributed by atoms with E-state index in [0.29, 0.717) is 32.4 Å². The van der Waals surface area contributed by atoms with Gasteiger partial charge in [0.25, 0.3) is 0 Å². The number of nitrogens with zero attached hydrogens (tertiary/aromatic N) is 2. The van der Waals surface area contributed by atoms with E-state index in [0.717, 1.165) is 10.5 Å². The van der Waals surface area contributed by atoms with Crippen LogP contribution in [-0.4, -0.2) is 66.6 Å². The molecule has 1 aliphatic carbocycles. The Morgan fingerprint density at radius 2 is 1.86 bits per heavy atom. The van der Waals surface area contributed by atoms with Crippen molar-refractivity contribution in [2.75, 3.05) is 33.4 Å². The van der Waals surface area contributed by atoms with Crippen molar-refractivity contribution in [1.29, 1.82) is 0 Å². The second-order valence-corrected chi connectivity index (χ2v) is 8.25. The van der Waals surface area contributed by atoms with E-state index >= 15 is 0 Å². The van der Waals surface area contributed by atoms with Gasteiger partial charge in [0.05, 0.1) is 6.61 Å². The predicted octanol–water partition coefficient (Wildman–Crippen LogP) is 4.02. The molecule has 0 spiro atoms. The summed E-state index contributed by atoms with van der Waals surface area (Å²) in [6, 6.07) is 8.77. The predicted molar refractivity (Wildman–Crippen MR) is 102 cm³/mol. The number of rotatable bonds is 6. The first kappa shape index (κ1) is 21.9. The highest BCUT2D eigenvalue weighted by atomic mass is 35.5. The number of methoxy groups -OCH3 is 1. The molecule has 2 amide bonds. The highest BCUT2D eigenvalue weighted by molar-refractivity contribution is 6.62. The van der Waals surface area contributed by atoms with E-state index in [-0.39, 0.29) is 19.1 Å². The fourth-order valence-corrected chi connectivity index (χ4v) is 4.43. The summed E-state index contributed by atoms with van der Waals surface area (Å²) in [5, 5.41) is -0.578. The minimum atomic E-state index is -4.94. The van der Waals surface area contributed by atoms with Crippen molar-refractivity contribution in [3.63, 3.8) is 0 Å². The minimum Gasteiger partial charge on any atom is -0.384 e. The Morgan fingerprint density at radius 1 is 1.24 bits per heavy atom. The molecule has 1 aliphatic heterocycles. The van der Waals surface area contributed by atoms with E-state index in [1.807, 2.05) is 30.3 Å². The number of alkyl halides is 3. The molecule has 0 radical (unpaired) electrons. The summed E-state index contributed by atoms with van der Waals surface area (Å²) >= 11 is 5.53. The van der Waals surface area contributed by atoms with Crippen LogP contribution >= 0.6 is 11.6 Å². The van der Waals surface area contributed by atoms with Gasteiger partial charge >= 0.3 is 17.4 Å². The third-order valence-electron chi connectivity index (χ3n) is 5.92. The monoisotopic (exact) mass is 432 g/mol. The maximum absolute atomic E-state index is 13.4. The molecule has 1 saturated heterocycles. The molecule has 0 bridgehead atoms. The zero-order valence-corrected chi connectivity index (χ0v) is 16.9. The van der Waals surface area contributed by atoms with Crippen molar-refractivity contribution < 1.29 is 27.5 Å². The number of halogens is 4. The number of ether oxygens (including phenoxy) is 1. The summed E-state index contributed by atoms with van der Waals surface area (Å²) in [4.78, 5) is 26.1. The molecule has 1 aromatic carbocycles. The van der Waals surface area contributed by atoms with E-state index < -0.39 is 28.9 Å². The van der Waals surface area contributed by atoms with Gasteiger partial charge in [-0.1, -0.05) is 30.3 Å². The molecule has 29 heavy (non-hydrogen) atoms. The van der Waals surface area contributed by atoms with Crippen LogP contribution in [0.2, 0.25) is 0 Å². The van der Waals surface area contributed by atoms with Gasteiger partial charge in [-0.2, -0.15) is 13.2 Å². The number of likely N-dealkylation sites (tertiary alicyclic amines) is 1. The molecule has 0 aromatic heterocycles. The van der Waals surface area contributed by atoms with Crippen molar-refractivity contribution in [2.24, 2.45) is 5.41 Å². The van der Waals surface area contributed by atoms with Crippen LogP contribution < -0.4 is 0 Å². The standard InChI is InChI=1S/C20H24ClF3N2O3/c1-29-13-19(7-9-25(10-8-19)18(21)28)12-26(17(27)20(22,23)24)16-11-15(16)14-5-3-2-4-6-14/h2-6,15-16H,7-13H2,1H3/t15-,16+/m0/s1. The largest absolute Gasteiger partial charge is 0.471 e. The van der Waals surface area contributed by atoms with Crippen LogP contribution in [0.4, 0.5) is 18.0 Å². The van der Waals surface area contributed by atoms with Gasteiger partial charge in [-0.3, -0.25) is 9.59 Å². The zero-order chi connectivity index (χ0) is 21.2. The van der Waals surface area contributed by atoms with Gasteiger partial charge in [0.1, 0.15) is 0 Å². The van der Waals surface area contributed by atoms with E-state index in [1.165, 1.54) is 12.0 Å². The normalized spacial score (nSPS) is 23.6. The molecule has 2 atom stereocenters. The number of hydrogen-bond donors (Lipinski definition) is 0. The highest BCUT2D eigenvalue weighted by Gasteiger charge is 2.54. The van der Waals surface area contributed by atoms with Crippen LogP contribution in [0.1, 0.15) is 30.7 Å². The Hall–Kier alpha value is -1.80.